The number of carbonyl (C=O) groups excluding carboxylic acids is 1. The highest BCUT2D eigenvalue weighted by molar-refractivity contribution is 6.04. The number of ether oxygens (including phenoxy) is 3. The number of benzene rings is 2. The molecule has 0 unspecified atom stereocenters. The number of amides is 1. The van der Waals surface area contributed by atoms with E-state index in [1.54, 1.807) is 56.7 Å². The number of fused-ring (bicyclic) bond motifs is 1. The normalized spacial score (nSPS) is 10.5. The highest BCUT2D eigenvalue weighted by Gasteiger charge is 2.09. The lowest BCUT2D eigenvalue weighted by Crippen LogP contribution is -2.12. The van der Waals surface area contributed by atoms with Crippen molar-refractivity contribution >= 4 is 22.8 Å². The Labute approximate surface area is 173 Å². The van der Waals surface area contributed by atoms with E-state index in [0.717, 1.165) is 5.39 Å². The number of hydrogen-bond donors (Lipinski definition) is 1. The van der Waals surface area contributed by atoms with Crippen molar-refractivity contribution in [1.82, 2.24) is 9.97 Å². The number of anilines is 1. The summed E-state index contributed by atoms with van der Waals surface area (Å²) < 4.78 is 16.1. The first-order valence-corrected chi connectivity index (χ1v) is 9.20. The fourth-order valence-corrected chi connectivity index (χ4v) is 2.82. The second kappa shape index (κ2) is 8.48. The predicted octanol–water partition coefficient (Wildman–Crippen LogP) is 4.69. The van der Waals surface area contributed by atoms with Crippen LogP contribution in [-0.4, -0.2) is 30.1 Å². The van der Waals surface area contributed by atoms with Gasteiger partial charge >= 0.3 is 0 Å². The molecule has 1 N–H and O–H groups in total. The molecule has 150 valence electrons. The number of pyridine rings is 2. The summed E-state index contributed by atoms with van der Waals surface area (Å²) in [6.45, 7) is 0. The summed E-state index contributed by atoms with van der Waals surface area (Å²) in [6, 6.07) is 21.3. The standard InChI is InChI=1S/C23H19N3O4/c1-28-17-10-6-16(7-11-17)23(27)25-20-12-8-15-9-13-21(26-22(15)24-20)30-19-5-3-4-18(14-19)29-2/h3-14H,1-2H3,(H,24,25,26,27). The third-order valence-corrected chi connectivity index (χ3v) is 4.38. The Balaban J connectivity index is 1.54. The molecule has 2 aromatic heterocycles. The van der Waals surface area contributed by atoms with Crippen LogP contribution in [0.3, 0.4) is 0 Å². The number of aromatic nitrogens is 2. The zero-order chi connectivity index (χ0) is 20.9. The Morgan fingerprint density at radius 2 is 1.53 bits per heavy atom. The molecule has 0 aliphatic rings. The van der Waals surface area contributed by atoms with Crippen molar-refractivity contribution in [2.75, 3.05) is 19.5 Å². The molecule has 7 nitrogen and oxygen atoms in total. The topological polar surface area (TPSA) is 82.6 Å². The predicted molar refractivity (Wildman–Crippen MR) is 114 cm³/mol. The van der Waals surface area contributed by atoms with Crippen LogP contribution < -0.4 is 19.5 Å². The van der Waals surface area contributed by atoms with E-state index >= 15 is 0 Å². The molecule has 0 aliphatic carbocycles. The second-order valence-corrected chi connectivity index (χ2v) is 6.36. The van der Waals surface area contributed by atoms with E-state index in [9.17, 15) is 4.79 Å². The van der Waals surface area contributed by atoms with Gasteiger partial charge in [-0.05, 0) is 54.6 Å². The maximum absolute atomic E-state index is 12.5. The number of nitrogens with zero attached hydrogens (tertiary/aromatic N) is 2. The molecular formula is C23H19N3O4. The Hall–Kier alpha value is -4.13. The minimum absolute atomic E-state index is 0.270. The molecule has 2 aromatic carbocycles. The molecule has 4 aromatic rings. The van der Waals surface area contributed by atoms with E-state index in [4.69, 9.17) is 14.2 Å². The Morgan fingerprint density at radius 3 is 2.30 bits per heavy atom. The molecule has 0 fully saturated rings. The quantitative estimate of drug-likeness (QED) is 0.505. The van der Waals surface area contributed by atoms with E-state index in [1.165, 1.54) is 0 Å². The van der Waals surface area contributed by atoms with Crippen LogP contribution in [0.4, 0.5) is 5.82 Å². The first-order valence-electron chi connectivity index (χ1n) is 9.20. The molecule has 1 amide bonds. The maximum atomic E-state index is 12.5. The molecule has 4 rings (SSSR count). The van der Waals surface area contributed by atoms with Crippen molar-refractivity contribution in [3.63, 3.8) is 0 Å². The zero-order valence-corrected chi connectivity index (χ0v) is 16.5. The first kappa shape index (κ1) is 19.2. The van der Waals surface area contributed by atoms with Gasteiger partial charge in [0.2, 0.25) is 5.88 Å². The molecule has 0 spiro atoms. The summed E-state index contributed by atoms with van der Waals surface area (Å²) in [5, 5.41) is 3.61. The van der Waals surface area contributed by atoms with Crippen molar-refractivity contribution in [2.45, 2.75) is 0 Å². The van der Waals surface area contributed by atoms with Gasteiger partial charge in [-0.2, -0.15) is 4.98 Å². The van der Waals surface area contributed by atoms with Gasteiger partial charge in [-0.1, -0.05) is 6.07 Å². The van der Waals surface area contributed by atoms with Crippen LogP contribution in [0.5, 0.6) is 23.1 Å². The third-order valence-electron chi connectivity index (χ3n) is 4.38. The van der Waals surface area contributed by atoms with Gasteiger partial charge in [0.15, 0.2) is 5.65 Å². The lowest BCUT2D eigenvalue weighted by atomic mass is 10.2. The molecular weight excluding hydrogens is 382 g/mol. The fraction of sp³-hybridized carbons (Fsp3) is 0.0870. The highest BCUT2D eigenvalue weighted by Crippen LogP contribution is 2.25. The monoisotopic (exact) mass is 401 g/mol. The van der Waals surface area contributed by atoms with Crippen LogP contribution in [-0.2, 0) is 0 Å². The summed E-state index contributed by atoms with van der Waals surface area (Å²) in [5.74, 6) is 2.49. The van der Waals surface area contributed by atoms with E-state index in [2.05, 4.69) is 15.3 Å². The van der Waals surface area contributed by atoms with Crippen LogP contribution >= 0.6 is 0 Å². The fourth-order valence-electron chi connectivity index (χ4n) is 2.82. The molecule has 0 radical (unpaired) electrons. The van der Waals surface area contributed by atoms with Gasteiger partial charge in [0.1, 0.15) is 23.1 Å². The molecule has 2 heterocycles. The number of rotatable bonds is 6. The van der Waals surface area contributed by atoms with Crippen LogP contribution in [0.1, 0.15) is 10.4 Å². The zero-order valence-electron chi connectivity index (χ0n) is 16.5. The van der Waals surface area contributed by atoms with E-state index in [0.29, 0.717) is 40.2 Å². The number of nitrogens with one attached hydrogen (secondary N) is 1. The van der Waals surface area contributed by atoms with E-state index in [-0.39, 0.29) is 5.91 Å². The number of carbonyl (C=O) groups is 1. The minimum Gasteiger partial charge on any atom is -0.497 e. The van der Waals surface area contributed by atoms with Crippen molar-refractivity contribution in [3.05, 3.63) is 78.4 Å². The smallest absolute Gasteiger partial charge is 0.256 e. The molecule has 0 saturated carbocycles. The summed E-state index contributed by atoms with van der Waals surface area (Å²) in [4.78, 5) is 21.4. The van der Waals surface area contributed by atoms with Crippen LogP contribution in [0.2, 0.25) is 0 Å². The molecule has 0 saturated heterocycles. The Morgan fingerprint density at radius 1 is 0.800 bits per heavy atom. The van der Waals surface area contributed by atoms with Crippen LogP contribution in [0.25, 0.3) is 11.0 Å². The second-order valence-electron chi connectivity index (χ2n) is 6.36. The molecule has 0 atom stereocenters. The lowest BCUT2D eigenvalue weighted by Gasteiger charge is -2.08. The van der Waals surface area contributed by atoms with Gasteiger partial charge in [0.25, 0.3) is 5.91 Å². The first-order chi connectivity index (χ1) is 14.6. The average Bonchev–Trinajstić information content (AvgIpc) is 2.79. The largest absolute Gasteiger partial charge is 0.497 e. The van der Waals surface area contributed by atoms with E-state index < -0.39 is 0 Å². The molecule has 30 heavy (non-hydrogen) atoms. The molecule has 0 bridgehead atoms. The lowest BCUT2D eigenvalue weighted by molar-refractivity contribution is 0.102. The van der Waals surface area contributed by atoms with Crippen molar-refractivity contribution in [2.24, 2.45) is 0 Å². The van der Waals surface area contributed by atoms with Crippen molar-refractivity contribution in [1.29, 1.82) is 0 Å². The van der Waals surface area contributed by atoms with Gasteiger partial charge < -0.3 is 19.5 Å². The maximum Gasteiger partial charge on any atom is 0.256 e. The minimum atomic E-state index is -0.270. The highest BCUT2D eigenvalue weighted by atomic mass is 16.5. The van der Waals surface area contributed by atoms with Crippen molar-refractivity contribution in [3.8, 4) is 23.1 Å². The summed E-state index contributed by atoms with van der Waals surface area (Å²) in [5.41, 5.74) is 0.962. The van der Waals surface area contributed by atoms with Crippen molar-refractivity contribution < 1.29 is 19.0 Å². The molecule has 0 aliphatic heterocycles. The van der Waals surface area contributed by atoms with Crippen LogP contribution in [0, 0.1) is 0 Å². The van der Waals surface area contributed by atoms with Gasteiger partial charge in [-0.15, -0.1) is 0 Å². The third kappa shape index (κ3) is 4.30. The summed E-state index contributed by atoms with van der Waals surface area (Å²) in [7, 11) is 3.17. The van der Waals surface area contributed by atoms with Gasteiger partial charge in [-0.3, -0.25) is 4.79 Å². The summed E-state index contributed by atoms with van der Waals surface area (Å²) >= 11 is 0. The van der Waals surface area contributed by atoms with Gasteiger partial charge in [0.05, 0.1) is 14.2 Å². The van der Waals surface area contributed by atoms with E-state index in [1.807, 2.05) is 30.3 Å². The van der Waals surface area contributed by atoms with Gasteiger partial charge in [0, 0.05) is 23.1 Å². The average molecular weight is 401 g/mol. The van der Waals surface area contributed by atoms with Gasteiger partial charge in [-0.25, -0.2) is 4.98 Å². The molecule has 7 heteroatoms. The number of hydrogen-bond acceptors (Lipinski definition) is 6. The SMILES string of the molecule is COc1ccc(C(=O)Nc2ccc3ccc(Oc4cccc(OC)c4)nc3n2)cc1. The Kier molecular flexibility index (Phi) is 5.43. The van der Waals surface area contributed by atoms with Crippen LogP contribution in [0.15, 0.2) is 72.8 Å². The number of methoxy groups -OCH3 is 2. The Bertz CT molecular complexity index is 1190. The summed E-state index contributed by atoms with van der Waals surface area (Å²) in [6.07, 6.45) is 0.